The Morgan fingerprint density at radius 1 is 0.812 bits per heavy atom. The molecule has 2 aliphatic rings. The normalized spacial score (nSPS) is 20.2. The van der Waals surface area contributed by atoms with Gasteiger partial charge in [0.25, 0.3) is 11.8 Å². The van der Waals surface area contributed by atoms with E-state index >= 15 is 0 Å². The minimum absolute atomic E-state index is 0.0369. The molecule has 0 saturated carbocycles. The second-order valence-electron chi connectivity index (χ2n) is 8.54. The summed E-state index contributed by atoms with van der Waals surface area (Å²) in [4.78, 5) is 30.4. The molecule has 2 atom stereocenters. The Morgan fingerprint density at radius 3 is 2.22 bits per heavy atom. The summed E-state index contributed by atoms with van der Waals surface area (Å²) in [6.45, 7) is 2.05. The zero-order valence-electron chi connectivity index (χ0n) is 18.0. The highest BCUT2D eigenvalue weighted by atomic mass is 16.2. The third-order valence-corrected chi connectivity index (χ3v) is 6.60. The topological polar surface area (TPSA) is 52.7 Å². The van der Waals surface area contributed by atoms with Gasteiger partial charge in [-0.3, -0.25) is 14.5 Å². The van der Waals surface area contributed by atoms with E-state index in [0.29, 0.717) is 24.2 Å². The van der Waals surface area contributed by atoms with Gasteiger partial charge in [-0.1, -0.05) is 54.6 Å². The summed E-state index contributed by atoms with van der Waals surface area (Å²) in [5, 5.41) is 3.12. The minimum atomic E-state index is -0.0369. The fraction of sp³-hybridized carbons (Fsp3) is 0.259. The Labute approximate surface area is 188 Å². The van der Waals surface area contributed by atoms with Gasteiger partial charge in [0.2, 0.25) is 0 Å². The lowest BCUT2D eigenvalue weighted by Crippen LogP contribution is -2.45. The first kappa shape index (κ1) is 20.5. The van der Waals surface area contributed by atoms with E-state index < -0.39 is 0 Å². The first-order valence-electron chi connectivity index (χ1n) is 11.2. The monoisotopic (exact) mass is 425 g/mol. The van der Waals surface area contributed by atoms with E-state index in [9.17, 15) is 9.59 Å². The van der Waals surface area contributed by atoms with Crippen LogP contribution in [0.3, 0.4) is 0 Å². The Hall–Kier alpha value is -3.44. The van der Waals surface area contributed by atoms with E-state index in [1.165, 1.54) is 0 Å². The van der Waals surface area contributed by atoms with Crippen molar-refractivity contribution in [2.75, 3.05) is 18.0 Å². The largest absolute Gasteiger partial charge is 0.350 e. The number of nitrogens with one attached hydrogen (secondary N) is 1. The van der Waals surface area contributed by atoms with Crippen LogP contribution in [0.5, 0.6) is 0 Å². The number of para-hydroxylation sites is 1. The Kier molecular flexibility index (Phi) is 5.73. The van der Waals surface area contributed by atoms with Crippen LogP contribution in [-0.4, -0.2) is 41.9 Å². The van der Waals surface area contributed by atoms with E-state index in [1.807, 2.05) is 83.8 Å². The molecule has 32 heavy (non-hydrogen) atoms. The molecular weight excluding hydrogens is 398 g/mol. The molecule has 1 N–H and O–H groups in total. The van der Waals surface area contributed by atoms with Crippen LogP contribution in [-0.2, 0) is 6.54 Å². The molecule has 5 nitrogen and oxygen atoms in total. The molecule has 3 aromatic carbocycles. The van der Waals surface area contributed by atoms with Crippen LogP contribution in [0.4, 0.5) is 5.69 Å². The lowest BCUT2D eigenvalue weighted by atomic mass is 10.1. The second-order valence-corrected chi connectivity index (χ2v) is 8.54. The maximum absolute atomic E-state index is 13.4. The van der Waals surface area contributed by atoms with Crippen LogP contribution >= 0.6 is 0 Å². The highest BCUT2D eigenvalue weighted by Crippen LogP contribution is 2.35. The standard InChI is InChI=1S/C27H27N3O2/c31-26(20-9-3-1-4-10-20)28-17-23-15-16-24-19-30(27(32)21-11-5-2-6-12-21)25-14-8-7-13-22(25)18-29(23)24/h1-14,23-24H,15-19H2,(H,28,31)/t23-,24-/m1/s1. The van der Waals surface area contributed by atoms with E-state index in [-0.39, 0.29) is 23.9 Å². The molecule has 162 valence electrons. The Morgan fingerprint density at radius 2 is 1.47 bits per heavy atom. The van der Waals surface area contributed by atoms with Gasteiger partial charge in [0, 0.05) is 48.5 Å². The van der Waals surface area contributed by atoms with E-state index in [2.05, 4.69) is 16.3 Å². The molecule has 0 aliphatic carbocycles. The summed E-state index contributed by atoms with van der Waals surface area (Å²) in [6.07, 6.45) is 2.02. The summed E-state index contributed by atoms with van der Waals surface area (Å²) in [6, 6.07) is 27.6. The number of carbonyl (C=O) groups excluding carboxylic acids is 2. The SMILES string of the molecule is O=C(NC[C@H]1CC[C@@H]2CN(C(=O)c3ccccc3)c3ccccc3CN12)c1ccccc1. The third kappa shape index (κ3) is 4.04. The van der Waals surface area contributed by atoms with Crippen molar-refractivity contribution in [2.45, 2.75) is 31.5 Å². The minimum Gasteiger partial charge on any atom is -0.350 e. The number of rotatable bonds is 4. The summed E-state index contributed by atoms with van der Waals surface area (Å²) in [5.74, 6) is 0.00545. The van der Waals surface area contributed by atoms with Crippen LogP contribution < -0.4 is 10.2 Å². The summed E-state index contributed by atoms with van der Waals surface area (Å²) >= 11 is 0. The fourth-order valence-corrected chi connectivity index (χ4v) is 4.93. The molecule has 0 spiro atoms. The van der Waals surface area contributed by atoms with E-state index in [0.717, 1.165) is 30.6 Å². The predicted octanol–water partition coefficient (Wildman–Crippen LogP) is 4.11. The van der Waals surface area contributed by atoms with Crippen molar-refractivity contribution in [1.82, 2.24) is 10.2 Å². The van der Waals surface area contributed by atoms with Gasteiger partial charge in [0.1, 0.15) is 0 Å². The van der Waals surface area contributed by atoms with Gasteiger partial charge in [0.05, 0.1) is 0 Å². The molecular formula is C27H27N3O2. The highest BCUT2D eigenvalue weighted by Gasteiger charge is 2.38. The van der Waals surface area contributed by atoms with Gasteiger partial charge < -0.3 is 10.2 Å². The number of amides is 2. The lowest BCUT2D eigenvalue weighted by molar-refractivity contribution is 0.0934. The van der Waals surface area contributed by atoms with Crippen LogP contribution in [0.1, 0.15) is 39.1 Å². The molecule has 2 aliphatic heterocycles. The molecule has 0 aromatic heterocycles. The molecule has 0 bridgehead atoms. The van der Waals surface area contributed by atoms with Crippen LogP contribution in [0.25, 0.3) is 0 Å². The maximum Gasteiger partial charge on any atom is 0.258 e. The average molecular weight is 426 g/mol. The average Bonchev–Trinajstić information content (AvgIpc) is 3.14. The maximum atomic E-state index is 13.4. The summed E-state index contributed by atoms with van der Waals surface area (Å²) in [7, 11) is 0. The number of carbonyl (C=O) groups is 2. The van der Waals surface area contributed by atoms with Crippen molar-refractivity contribution in [3.05, 3.63) is 102 Å². The molecule has 1 fully saturated rings. The van der Waals surface area contributed by atoms with Gasteiger partial charge in [-0.25, -0.2) is 0 Å². The smallest absolute Gasteiger partial charge is 0.258 e. The van der Waals surface area contributed by atoms with Crippen LogP contribution in [0, 0.1) is 0 Å². The van der Waals surface area contributed by atoms with Crippen LogP contribution in [0.2, 0.25) is 0 Å². The molecule has 3 aromatic rings. The van der Waals surface area contributed by atoms with Gasteiger partial charge in [-0.15, -0.1) is 0 Å². The molecule has 5 heteroatoms. The number of hydrogen-bond donors (Lipinski definition) is 1. The number of fused-ring (bicyclic) bond motifs is 2. The van der Waals surface area contributed by atoms with Crippen molar-refractivity contribution in [3.63, 3.8) is 0 Å². The summed E-state index contributed by atoms with van der Waals surface area (Å²) < 4.78 is 0. The van der Waals surface area contributed by atoms with Gasteiger partial charge >= 0.3 is 0 Å². The van der Waals surface area contributed by atoms with Crippen molar-refractivity contribution < 1.29 is 9.59 Å². The van der Waals surface area contributed by atoms with Crippen molar-refractivity contribution >= 4 is 17.5 Å². The van der Waals surface area contributed by atoms with Crippen molar-refractivity contribution in [3.8, 4) is 0 Å². The number of hydrogen-bond acceptors (Lipinski definition) is 3. The number of nitrogens with zero attached hydrogens (tertiary/aromatic N) is 2. The van der Waals surface area contributed by atoms with Crippen LogP contribution in [0.15, 0.2) is 84.9 Å². The Balaban J connectivity index is 1.35. The van der Waals surface area contributed by atoms with E-state index in [1.54, 1.807) is 0 Å². The van der Waals surface area contributed by atoms with Gasteiger partial charge in [-0.05, 0) is 48.7 Å². The molecule has 2 heterocycles. The molecule has 0 radical (unpaired) electrons. The zero-order valence-corrected chi connectivity index (χ0v) is 18.0. The molecule has 2 amide bonds. The molecule has 1 saturated heterocycles. The number of benzene rings is 3. The van der Waals surface area contributed by atoms with Crippen molar-refractivity contribution in [2.24, 2.45) is 0 Å². The van der Waals surface area contributed by atoms with Gasteiger partial charge in [0.15, 0.2) is 0 Å². The lowest BCUT2D eigenvalue weighted by Gasteiger charge is -2.29. The zero-order chi connectivity index (χ0) is 21.9. The van der Waals surface area contributed by atoms with Crippen molar-refractivity contribution in [1.29, 1.82) is 0 Å². The quantitative estimate of drug-likeness (QED) is 0.685. The Bertz CT molecular complexity index is 1100. The molecule has 5 rings (SSSR count). The first-order chi connectivity index (χ1) is 15.7. The molecule has 0 unspecified atom stereocenters. The van der Waals surface area contributed by atoms with E-state index in [4.69, 9.17) is 0 Å². The second kappa shape index (κ2) is 8.97. The highest BCUT2D eigenvalue weighted by molar-refractivity contribution is 6.06. The summed E-state index contributed by atoms with van der Waals surface area (Å²) in [5.41, 5.74) is 3.53. The fourth-order valence-electron chi connectivity index (χ4n) is 4.93. The third-order valence-electron chi connectivity index (χ3n) is 6.60. The predicted molar refractivity (Wildman–Crippen MR) is 126 cm³/mol. The first-order valence-corrected chi connectivity index (χ1v) is 11.2. The van der Waals surface area contributed by atoms with Gasteiger partial charge in [-0.2, -0.15) is 0 Å². The number of anilines is 1.